The summed E-state index contributed by atoms with van der Waals surface area (Å²) in [4.78, 5) is 25.1. The second-order valence-electron chi connectivity index (χ2n) is 6.49. The largest absolute Gasteiger partial charge is 0.352 e. The number of carbonyl (C=O) groups is 1. The molecule has 2 aromatic heterocycles. The first-order chi connectivity index (χ1) is 11.6. The van der Waals surface area contributed by atoms with Crippen molar-refractivity contribution >= 4 is 27.7 Å². The van der Waals surface area contributed by atoms with Crippen LogP contribution >= 0.6 is 0 Å². The van der Waals surface area contributed by atoms with E-state index in [4.69, 9.17) is 0 Å². The molecule has 1 aromatic carbocycles. The van der Waals surface area contributed by atoms with E-state index in [1.807, 2.05) is 28.8 Å². The van der Waals surface area contributed by atoms with Crippen molar-refractivity contribution in [2.45, 2.75) is 38.3 Å². The Labute approximate surface area is 139 Å². The average molecular weight is 324 g/mol. The van der Waals surface area contributed by atoms with Gasteiger partial charge in [0.15, 0.2) is 0 Å². The van der Waals surface area contributed by atoms with Gasteiger partial charge in [-0.05, 0) is 18.9 Å². The third-order valence-corrected chi connectivity index (χ3v) is 4.89. The predicted octanol–water partition coefficient (Wildman–Crippen LogP) is 1.95. The lowest BCUT2D eigenvalue weighted by Crippen LogP contribution is -2.35. The van der Waals surface area contributed by atoms with Crippen molar-refractivity contribution < 1.29 is 4.79 Å². The third kappa shape index (κ3) is 2.38. The van der Waals surface area contributed by atoms with E-state index in [0.717, 1.165) is 29.1 Å². The van der Waals surface area contributed by atoms with E-state index in [1.165, 1.54) is 17.5 Å². The van der Waals surface area contributed by atoms with Gasteiger partial charge in [0, 0.05) is 29.4 Å². The van der Waals surface area contributed by atoms with Crippen LogP contribution in [0.2, 0.25) is 0 Å². The number of para-hydroxylation sites is 1. The maximum absolute atomic E-state index is 12.6. The highest BCUT2D eigenvalue weighted by Gasteiger charge is 2.20. The molecule has 4 rings (SSSR count). The number of nitrogens with one attached hydrogen (secondary N) is 1. The van der Waals surface area contributed by atoms with Crippen LogP contribution in [0.15, 0.2) is 35.3 Å². The minimum atomic E-state index is -0.183. The number of benzene rings is 1. The normalized spacial score (nSPS) is 15.4. The number of fused-ring (bicyclic) bond motifs is 3. The van der Waals surface area contributed by atoms with Gasteiger partial charge in [0.25, 0.3) is 5.56 Å². The summed E-state index contributed by atoms with van der Waals surface area (Å²) >= 11 is 0. The smallest absolute Gasteiger partial charge is 0.291 e. The third-order valence-electron chi connectivity index (χ3n) is 4.89. The van der Waals surface area contributed by atoms with Gasteiger partial charge >= 0.3 is 0 Å². The maximum Gasteiger partial charge on any atom is 0.291 e. The Morgan fingerprint density at radius 3 is 2.79 bits per heavy atom. The first kappa shape index (κ1) is 14.9. The summed E-state index contributed by atoms with van der Waals surface area (Å²) < 4.78 is 3.13. The van der Waals surface area contributed by atoms with Gasteiger partial charge in [0.1, 0.15) is 12.1 Å². The van der Waals surface area contributed by atoms with Crippen LogP contribution in [-0.4, -0.2) is 26.3 Å². The van der Waals surface area contributed by atoms with E-state index in [-0.39, 0.29) is 24.1 Å². The molecule has 1 aliphatic rings. The Balaban J connectivity index is 1.81. The van der Waals surface area contributed by atoms with E-state index in [9.17, 15) is 9.59 Å². The monoisotopic (exact) mass is 324 g/mol. The standard InChI is InChI=1S/C18H20N4O2/c1-21-18(24)17-14(10-19-21)13-8-4-5-9-15(13)22(17)11-16(23)20-12-6-2-3-7-12/h4-5,8-10,12H,2-3,6-7,11H2,1H3,(H,20,23). The van der Waals surface area contributed by atoms with Crippen molar-refractivity contribution in [2.24, 2.45) is 7.05 Å². The molecular formula is C18H20N4O2. The summed E-state index contributed by atoms with van der Waals surface area (Å²) in [5, 5.41) is 8.96. The average Bonchev–Trinajstić information content (AvgIpc) is 3.18. The molecule has 0 spiro atoms. The number of hydrogen-bond donors (Lipinski definition) is 1. The van der Waals surface area contributed by atoms with Crippen LogP contribution in [0.3, 0.4) is 0 Å². The van der Waals surface area contributed by atoms with E-state index >= 15 is 0 Å². The topological polar surface area (TPSA) is 68.9 Å². The Hall–Kier alpha value is -2.63. The van der Waals surface area contributed by atoms with Gasteiger partial charge in [0.05, 0.1) is 6.20 Å². The molecule has 24 heavy (non-hydrogen) atoms. The summed E-state index contributed by atoms with van der Waals surface area (Å²) in [6.07, 6.45) is 6.14. The minimum absolute atomic E-state index is 0.0385. The fourth-order valence-electron chi connectivity index (χ4n) is 3.69. The van der Waals surface area contributed by atoms with Gasteiger partial charge < -0.3 is 9.88 Å². The molecule has 0 radical (unpaired) electrons. The van der Waals surface area contributed by atoms with E-state index in [1.54, 1.807) is 13.2 Å². The molecule has 124 valence electrons. The molecule has 6 heteroatoms. The number of aromatic nitrogens is 3. The number of hydrogen-bond acceptors (Lipinski definition) is 3. The second-order valence-corrected chi connectivity index (χ2v) is 6.49. The van der Waals surface area contributed by atoms with Crippen LogP contribution in [0.25, 0.3) is 21.8 Å². The first-order valence-electron chi connectivity index (χ1n) is 8.38. The minimum Gasteiger partial charge on any atom is -0.352 e. The summed E-state index contributed by atoms with van der Waals surface area (Å²) in [6, 6.07) is 8.03. The SMILES string of the molecule is Cn1ncc2c3ccccc3n(CC(=O)NC3CCCC3)c2c1=O. The Morgan fingerprint density at radius 2 is 2.00 bits per heavy atom. The Kier molecular flexibility index (Phi) is 3.59. The molecule has 0 bridgehead atoms. The van der Waals surface area contributed by atoms with Crippen molar-refractivity contribution in [3.05, 3.63) is 40.8 Å². The fraction of sp³-hybridized carbons (Fsp3) is 0.389. The molecule has 0 atom stereocenters. The van der Waals surface area contributed by atoms with Crippen LogP contribution in [0.4, 0.5) is 0 Å². The van der Waals surface area contributed by atoms with Gasteiger partial charge in [-0.25, -0.2) is 4.68 Å². The molecule has 1 amide bonds. The van der Waals surface area contributed by atoms with Gasteiger partial charge in [-0.15, -0.1) is 0 Å². The molecular weight excluding hydrogens is 304 g/mol. The molecule has 3 aromatic rings. The summed E-state index contributed by atoms with van der Waals surface area (Å²) in [5.74, 6) is -0.0385. The highest BCUT2D eigenvalue weighted by molar-refractivity contribution is 6.07. The van der Waals surface area contributed by atoms with E-state index in [0.29, 0.717) is 5.52 Å². The van der Waals surface area contributed by atoms with Gasteiger partial charge in [-0.1, -0.05) is 31.0 Å². The molecule has 1 N–H and O–H groups in total. The lowest BCUT2D eigenvalue weighted by molar-refractivity contribution is -0.122. The van der Waals surface area contributed by atoms with Gasteiger partial charge in [-0.3, -0.25) is 9.59 Å². The fourth-order valence-corrected chi connectivity index (χ4v) is 3.69. The van der Waals surface area contributed by atoms with E-state index in [2.05, 4.69) is 10.4 Å². The highest BCUT2D eigenvalue weighted by Crippen LogP contribution is 2.26. The molecule has 1 aliphatic carbocycles. The zero-order valence-electron chi connectivity index (χ0n) is 13.7. The predicted molar refractivity (Wildman–Crippen MR) is 92.9 cm³/mol. The number of aryl methyl sites for hydroxylation is 1. The van der Waals surface area contributed by atoms with E-state index < -0.39 is 0 Å². The molecule has 0 aliphatic heterocycles. The van der Waals surface area contributed by atoms with Crippen LogP contribution < -0.4 is 10.9 Å². The maximum atomic E-state index is 12.6. The molecule has 1 saturated carbocycles. The van der Waals surface area contributed by atoms with Crippen molar-refractivity contribution in [1.82, 2.24) is 19.7 Å². The zero-order chi connectivity index (χ0) is 16.7. The quantitative estimate of drug-likeness (QED) is 0.800. The molecule has 0 saturated heterocycles. The van der Waals surface area contributed by atoms with Crippen LogP contribution in [0, 0.1) is 0 Å². The van der Waals surface area contributed by atoms with Crippen molar-refractivity contribution in [3.63, 3.8) is 0 Å². The first-order valence-corrected chi connectivity index (χ1v) is 8.38. The zero-order valence-corrected chi connectivity index (χ0v) is 13.7. The second kappa shape index (κ2) is 5.78. The number of rotatable bonds is 3. The lowest BCUT2D eigenvalue weighted by atomic mass is 10.2. The molecule has 2 heterocycles. The summed E-state index contributed by atoms with van der Waals surface area (Å²) in [7, 11) is 1.63. The summed E-state index contributed by atoms with van der Waals surface area (Å²) in [6.45, 7) is 0.153. The van der Waals surface area contributed by atoms with Crippen molar-refractivity contribution in [1.29, 1.82) is 0 Å². The number of carbonyl (C=O) groups excluding carboxylic acids is 1. The number of nitrogens with zero attached hydrogens (tertiary/aromatic N) is 3. The molecule has 0 unspecified atom stereocenters. The Morgan fingerprint density at radius 1 is 1.25 bits per heavy atom. The Bertz CT molecular complexity index is 980. The van der Waals surface area contributed by atoms with Crippen LogP contribution in [-0.2, 0) is 18.4 Å². The lowest BCUT2D eigenvalue weighted by Gasteiger charge is -2.13. The van der Waals surface area contributed by atoms with Crippen LogP contribution in [0.1, 0.15) is 25.7 Å². The van der Waals surface area contributed by atoms with Crippen molar-refractivity contribution in [3.8, 4) is 0 Å². The summed E-state index contributed by atoms with van der Waals surface area (Å²) in [5.41, 5.74) is 1.24. The molecule has 6 nitrogen and oxygen atoms in total. The number of amides is 1. The van der Waals surface area contributed by atoms with Crippen molar-refractivity contribution in [2.75, 3.05) is 0 Å². The van der Waals surface area contributed by atoms with Crippen LogP contribution in [0.5, 0.6) is 0 Å². The molecule has 1 fully saturated rings. The van der Waals surface area contributed by atoms with Gasteiger partial charge in [0.2, 0.25) is 5.91 Å². The highest BCUT2D eigenvalue weighted by atomic mass is 16.2. The van der Waals surface area contributed by atoms with Gasteiger partial charge in [-0.2, -0.15) is 5.10 Å².